The minimum Gasteiger partial charge on any atom is -0.480 e. The van der Waals surface area contributed by atoms with Crippen molar-refractivity contribution in [1.82, 2.24) is 0 Å². The Morgan fingerprint density at radius 3 is 2.09 bits per heavy atom. The quantitative estimate of drug-likeness (QED) is 0.595. The fourth-order valence-electron chi connectivity index (χ4n) is 2.34. The van der Waals surface area contributed by atoms with E-state index in [1.807, 2.05) is 0 Å². The van der Waals surface area contributed by atoms with Gasteiger partial charge in [0.15, 0.2) is 5.92 Å². The number of nitrogens with zero attached hydrogens (tertiary/aromatic N) is 1. The zero-order chi connectivity index (χ0) is 16.8. The third-order valence-electron chi connectivity index (χ3n) is 3.38. The van der Waals surface area contributed by atoms with E-state index in [1.54, 1.807) is 36.4 Å². The second-order valence-electron chi connectivity index (χ2n) is 4.40. The van der Waals surface area contributed by atoms with Crippen LogP contribution in [-0.4, -0.2) is 44.2 Å². The van der Waals surface area contributed by atoms with Gasteiger partial charge in [-0.2, -0.15) is 5.26 Å². The minimum atomic E-state index is -2.05. The zero-order valence-electron chi connectivity index (χ0n) is 12.5. The van der Waals surface area contributed by atoms with Crippen LogP contribution in [0.1, 0.15) is 11.5 Å². The van der Waals surface area contributed by atoms with Crippen molar-refractivity contribution in [3.63, 3.8) is 0 Å². The molecular weight excluding hydrogens is 290 g/mol. The summed E-state index contributed by atoms with van der Waals surface area (Å²) in [6, 6.07) is 9.91. The van der Waals surface area contributed by atoms with Crippen molar-refractivity contribution in [2.75, 3.05) is 21.3 Å². The van der Waals surface area contributed by atoms with E-state index in [0.29, 0.717) is 5.56 Å². The van der Waals surface area contributed by atoms with Gasteiger partial charge in [-0.05, 0) is 5.56 Å². The van der Waals surface area contributed by atoms with Gasteiger partial charge in [-0.3, -0.25) is 4.79 Å². The van der Waals surface area contributed by atoms with E-state index in [4.69, 9.17) is 9.47 Å². The number of carboxylic acid groups (broad SMARTS) is 1. The smallest absolute Gasteiger partial charge is 0.367 e. The van der Waals surface area contributed by atoms with Gasteiger partial charge in [0.25, 0.3) is 5.79 Å². The summed E-state index contributed by atoms with van der Waals surface area (Å²) in [5, 5.41) is 18.6. The number of nitriles is 1. The van der Waals surface area contributed by atoms with Crippen molar-refractivity contribution in [3.8, 4) is 6.07 Å². The molecule has 0 saturated carbocycles. The molecule has 0 saturated heterocycles. The molecule has 0 bridgehead atoms. The highest BCUT2D eigenvalue weighted by Gasteiger charge is 2.54. The predicted octanol–water partition coefficient (Wildman–Crippen LogP) is 1.16. The molecule has 0 aromatic heterocycles. The van der Waals surface area contributed by atoms with Crippen LogP contribution in [0.25, 0.3) is 0 Å². The summed E-state index contributed by atoms with van der Waals surface area (Å²) in [5.74, 6) is -7.14. The fraction of sp³-hybridized carbons (Fsp3) is 0.400. The van der Waals surface area contributed by atoms with Crippen LogP contribution in [0.3, 0.4) is 0 Å². The zero-order valence-corrected chi connectivity index (χ0v) is 12.5. The maximum Gasteiger partial charge on any atom is 0.367 e. The molecule has 7 nitrogen and oxygen atoms in total. The summed E-state index contributed by atoms with van der Waals surface area (Å²) in [5.41, 5.74) is 0.408. The first-order valence-electron chi connectivity index (χ1n) is 6.34. The van der Waals surface area contributed by atoms with Crippen molar-refractivity contribution >= 4 is 11.9 Å². The summed E-state index contributed by atoms with van der Waals surface area (Å²) in [7, 11) is 3.50. The van der Waals surface area contributed by atoms with E-state index >= 15 is 0 Å². The highest BCUT2D eigenvalue weighted by Crippen LogP contribution is 2.39. The Morgan fingerprint density at radius 2 is 1.73 bits per heavy atom. The van der Waals surface area contributed by atoms with Crippen LogP contribution in [-0.2, 0) is 23.8 Å². The van der Waals surface area contributed by atoms with Gasteiger partial charge in [-0.1, -0.05) is 30.3 Å². The van der Waals surface area contributed by atoms with E-state index in [0.717, 1.165) is 7.11 Å². The van der Waals surface area contributed by atoms with Gasteiger partial charge in [-0.25, -0.2) is 4.79 Å². The average molecular weight is 307 g/mol. The molecule has 22 heavy (non-hydrogen) atoms. The van der Waals surface area contributed by atoms with Crippen molar-refractivity contribution in [2.45, 2.75) is 11.7 Å². The largest absolute Gasteiger partial charge is 0.480 e. The van der Waals surface area contributed by atoms with Crippen LogP contribution >= 0.6 is 0 Å². The third kappa shape index (κ3) is 3.08. The Morgan fingerprint density at radius 1 is 1.18 bits per heavy atom. The van der Waals surface area contributed by atoms with E-state index in [1.165, 1.54) is 14.2 Å². The number of benzene rings is 1. The number of aliphatic carboxylic acids is 1. The van der Waals surface area contributed by atoms with Gasteiger partial charge >= 0.3 is 11.9 Å². The summed E-state index contributed by atoms with van der Waals surface area (Å²) in [6.45, 7) is 0. The molecule has 1 N–H and O–H groups in total. The average Bonchev–Trinajstić information content (AvgIpc) is 2.55. The molecule has 0 radical (unpaired) electrons. The van der Waals surface area contributed by atoms with Crippen LogP contribution in [0, 0.1) is 17.2 Å². The molecule has 1 rings (SSSR count). The highest BCUT2D eigenvalue weighted by atomic mass is 16.7. The monoisotopic (exact) mass is 307 g/mol. The maximum atomic E-state index is 12.2. The van der Waals surface area contributed by atoms with Gasteiger partial charge in [-0.15, -0.1) is 0 Å². The number of rotatable bonds is 7. The number of hydrogen-bond donors (Lipinski definition) is 1. The van der Waals surface area contributed by atoms with Crippen LogP contribution in [0.4, 0.5) is 0 Å². The van der Waals surface area contributed by atoms with E-state index < -0.39 is 29.6 Å². The number of ether oxygens (including phenoxy) is 3. The molecular formula is C15H17NO6. The van der Waals surface area contributed by atoms with E-state index in [2.05, 4.69) is 4.74 Å². The SMILES string of the molecule is COC(=O)C(OC)(OC)[C@@H](c1ccccc1)[C@H](C#N)C(=O)O. The molecule has 0 aliphatic carbocycles. The number of carbonyl (C=O) groups is 2. The van der Waals surface area contributed by atoms with Crippen molar-refractivity contribution < 1.29 is 28.9 Å². The lowest BCUT2D eigenvalue weighted by atomic mass is 9.80. The number of methoxy groups -OCH3 is 3. The molecule has 0 amide bonds. The molecule has 0 fully saturated rings. The second kappa shape index (κ2) is 7.54. The Bertz CT molecular complexity index is 561. The number of carbonyl (C=O) groups excluding carboxylic acids is 1. The standard InChI is InChI=1S/C15H17NO6/c1-20-14(19)15(21-2,22-3)12(11(9-16)13(17)18)10-7-5-4-6-8-10/h4-8,11-12H,1-3H3,(H,17,18)/t11-,12-/m0/s1. The Labute approximate surface area is 128 Å². The molecule has 0 heterocycles. The van der Waals surface area contributed by atoms with Crippen LogP contribution in [0.2, 0.25) is 0 Å². The second-order valence-corrected chi connectivity index (χ2v) is 4.40. The topological polar surface area (TPSA) is 106 Å². The minimum absolute atomic E-state index is 0.408. The van der Waals surface area contributed by atoms with Gasteiger partial charge in [0.2, 0.25) is 0 Å². The first-order chi connectivity index (χ1) is 10.5. The number of carboxylic acids is 1. The Hall–Kier alpha value is -2.43. The molecule has 0 spiro atoms. The molecule has 1 aromatic carbocycles. The van der Waals surface area contributed by atoms with Crippen LogP contribution in [0.15, 0.2) is 30.3 Å². The molecule has 0 aliphatic heterocycles. The predicted molar refractivity (Wildman–Crippen MR) is 74.7 cm³/mol. The van der Waals surface area contributed by atoms with Crippen molar-refractivity contribution in [3.05, 3.63) is 35.9 Å². The van der Waals surface area contributed by atoms with E-state index in [9.17, 15) is 20.0 Å². The first kappa shape index (κ1) is 17.6. The summed E-state index contributed by atoms with van der Waals surface area (Å²) >= 11 is 0. The molecule has 1 aromatic rings. The van der Waals surface area contributed by atoms with Gasteiger partial charge in [0.05, 0.1) is 19.1 Å². The number of esters is 1. The van der Waals surface area contributed by atoms with Gasteiger partial charge in [0.1, 0.15) is 0 Å². The summed E-state index contributed by atoms with van der Waals surface area (Å²) < 4.78 is 15.0. The lowest BCUT2D eigenvalue weighted by molar-refractivity contribution is -0.240. The number of hydrogen-bond acceptors (Lipinski definition) is 6. The molecule has 2 atom stereocenters. The first-order valence-corrected chi connectivity index (χ1v) is 6.34. The Kier molecular flexibility index (Phi) is 6.04. The normalized spacial score (nSPS) is 13.7. The summed E-state index contributed by atoms with van der Waals surface area (Å²) in [4.78, 5) is 23.6. The molecule has 7 heteroatoms. The Balaban J connectivity index is 3.57. The van der Waals surface area contributed by atoms with E-state index in [-0.39, 0.29) is 0 Å². The lowest BCUT2D eigenvalue weighted by Gasteiger charge is -2.36. The molecule has 0 aliphatic rings. The van der Waals surface area contributed by atoms with Crippen LogP contribution < -0.4 is 0 Å². The van der Waals surface area contributed by atoms with Crippen LogP contribution in [0.5, 0.6) is 0 Å². The highest BCUT2D eigenvalue weighted by molar-refractivity contribution is 5.83. The summed E-state index contributed by atoms with van der Waals surface area (Å²) in [6.07, 6.45) is 0. The van der Waals surface area contributed by atoms with Gasteiger partial charge in [0, 0.05) is 14.2 Å². The van der Waals surface area contributed by atoms with Gasteiger partial charge < -0.3 is 19.3 Å². The van der Waals surface area contributed by atoms with Crippen molar-refractivity contribution in [2.24, 2.45) is 5.92 Å². The molecule has 118 valence electrons. The molecule has 0 unspecified atom stereocenters. The lowest BCUT2D eigenvalue weighted by Crippen LogP contribution is -2.52. The van der Waals surface area contributed by atoms with Crippen molar-refractivity contribution in [1.29, 1.82) is 5.26 Å². The third-order valence-corrected chi connectivity index (χ3v) is 3.38. The fourth-order valence-corrected chi connectivity index (χ4v) is 2.34. The maximum absolute atomic E-state index is 12.2.